The van der Waals surface area contributed by atoms with Crippen LogP contribution in [0.2, 0.25) is 0 Å². The quantitative estimate of drug-likeness (QED) is 0.363. The normalized spacial score (nSPS) is 12.7. The second kappa shape index (κ2) is 10.2. The van der Waals surface area contributed by atoms with E-state index in [0.717, 1.165) is 5.56 Å². The Balaban J connectivity index is 2.24. The van der Waals surface area contributed by atoms with Gasteiger partial charge in [-0.1, -0.05) is 72.0 Å². The van der Waals surface area contributed by atoms with Crippen LogP contribution in [0.1, 0.15) is 41.4 Å². The van der Waals surface area contributed by atoms with Gasteiger partial charge in [-0.25, -0.2) is 0 Å². The summed E-state index contributed by atoms with van der Waals surface area (Å²) in [5.74, 6) is 0.0940. The minimum atomic E-state index is -2.49. The van der Waals surface area contributed by atoms with Crippen LogP contribution in [0.3, 0.4) is 0 Å². The van der Waals surface area contributed by atoms with Gasteiger partial charge < -0.3 is 9.05 Å². The third kappa shape index (κ3) is 6.36. The summed E-state index contributed by atoms with van der Waals surface area (Å²) in [5, 5.41) is -0.0992. The van der Waals surface area contributed by atoms with E-state index in [1.165, 1.54) is 11.4 Å². The van der Waals surface area contributed by atoms with Gasteiger partial charge in [0.2, 0.25) is 5.69 Å². The molecule has 0 bridgehead atoms. The molecule has 0 aliphatic carbocycles. The molecule has 0 fully saturated rings. The van der Waals surface area contributed by atoms with Gasteiger partial charge >= 0.3 is 0 Å². The summed E-state index contributed by atoms with van der Waals surface area (Å²) >= 11 is 7.14. The molecule has 1 atom stereocenters. The summed E-state index contributed by atoms with van der Waals surface area (Å²) in [6, 6.07) is 19.3. The van der Waals surface area contributed by atoms with Crippen LogP contribution in [0.15, 0.2) is 60.7 Å². The van der Waals surface area contributed by atoms with Gasteiger partial charge in [0.25, 0.3) is 0 Å². The fraction of sp³-hybridized carbons (Fsp3) is 0.316. The van der Waals surface area contributed by atoms with Crippen molar-refractivity contribution in [2.24, 2.45) is 0 Å². The molecule has 3 nitrogen and oxygen atoms in total. The molecule has 0 amide bonds. The number of benzene rings is 2. The molecule has 134 valence electrons. The minimum Gasteiger partial charge on any atom is -0.322 e. The maximum atomic E-state index is 12.7. The topological polar surface area (TPSA) is 35.5 Å². The standard InChI is InChI=1S/C19H23O3PS2/c1-3-21-23(24,22-4-2)25-19(17-13-9-6-10-14-17)15-18(20)16-11-7-5-8-12-16/h5-14,19H,3-4,15H2,1-2H3. The van der Waals surface area contributed by atoms with E-state index in [0.29, 0.717) is 25.2 Å². The van der Waals surface area contributed by atoms with Gasteiger partial charge in [0.05, 0.1) is 13.2 Å². The molecular formula is C19H23O3PS2. The zero-order chi connectivity index (χ0) is 18.1. The van der Waals surface area contributed by atoms with E-state index in [1.807, 2.05) is 74.5 Å². The Hall–Kier alpha value is -0.970. The number of ketones is 1. The molecule has 0 spiro atoms. The molecule has 1 unspecified atom stereocenters. The molecule has 0 saturated carbocycles. The lowest BCUT2D eigenvalue weighted by Gasteiger charge is -2.25. The van der Waals surface area contributed by atoms with Crippen LogP contribution in [0.25, 0.3) is 0 Å². The van der Waals surface area contributed by atoms with Crippen molar-refractivity contribution in [2.45, 2.75) is 25.5 Å². The van der Waals surface area contributed by atoms with Gasteiger partial charge in [-0.3, -0.25) is 4.79 Å². The fourth-order valence-electron chi connectivity index (χ4n) is 2.36. The summed E-state index contributed by atoms with van der Waals surface area (Å²) < 4.78 is 11.5. The van der Waals surface area contributed by atoms with Crippen molar-refractivity contribution in [3.8, 4) is 0 Å². The van der Waals surface area contributed by atoms with Gasteiger partial charge in [0.15, 0.2) is 5.78 Å². The Labute approximate surface area is 159 Å². The SMILES string of the molecule is CCOP(=S)(OCC)SC(CC(=O)c1ccccc1)c1ccccc1. The highest BCUT2D eigenvalue weighted by Crippen LogP contribution is 2.66. The molecule has 0 heterocycles. The van der Waals surface area contributed by atoms with Crippen LogP contribution >= 0.6 is 17.1 Å². The van der Waals surface area contributed by atoms with E-state index in [9.17, 15) is 4.79 Å². The Morgan fingerprint density at radius 2 is 1.52 bits per heavy atom. The molecule has 0 aliphatic heterocycles. The summed E-state index contributed by atoms with van der Waals surface area (Å²) in [6.07, 6.45) is 0.358. The molecule has 2 aromatic rings. The highest BCUT2D eigenvalue weighted by molar-refractivity contribution is 8.68. The van der Waals surface area contributed by atoms with E-state index in [2.05, 4.69) is 0 Å². The van der Waals surface area contributed by atoms with Crippen LogP contribution in [0.5, 0.6) is 0 Å². The van der Waals surface area contributed by atoms with E-state index in [4.69, 9.17) is 20.9 Å². The first-order valence-corrected chi connectivity index (χ1v) is 12.4. The first-order chi connectivity index (χ1) is 12.1. The summed E-state index contributed by atoms with van der Waals surface area (Å²) in [5.41, 5.74) is -0.717. The molecule has 2 rings (SSSR count). The average molecular weight is 394 g/mol. The highest BCUT2D eigenvalue weighted by atomic mass is 32.9. The van der Waals surface area contributed by atoms with Crippen molar-refractivity contribution < 1.29 is 13.8 Å². The van der Waals surface area contributed by atoms with E-state index in [1.54, 1.807) is 0 Å². The summed E-state index contributed by atoms with van der Waals surface area (Å²) in [4.78, 5) is 12.7. The lowest BCUT2D eigenvalue weighted by atomic mass is 10.0. The van der Waals surface area contributed by atoms with Crippen LogP contribution in [0, 0.1) is 0 Å². The zero-order valence-corrected chi connectivity index (χ0v) is 17.0. The molecule has 6 heteroatoms. The smallest absolute Gasteiger partial charge is 0.247 e. The summed E-state index contributed by atoms with van der Waals surface area (Å²) in [7, 11) is 0. The van der Waals surface area contributed by atoms with Gasteiger partial charge in [-0.15, -0.1) is 0 Å². The van der Waals surface area contributed by atoms with Crippen molar-refractivity contribution >= 4 is 34.7 Å². The Morgan fingerprint density at radius 3 is 2.04 bits per heavy atom. The monoisotopic (exact) mass is 394 g/mol. The van der Waals surface area contributed by atoms with Crippen molar-refractivity contribution in [2.75, 3.05) is 13.2 Å². The first-order valence-electron chi connectivity index (χ1n) is 8.28. The lowest BCUT2D eigenvalue weighted by Crippen LogP contribution is -2.06. The van der Waals surface area contributed by atoms with Crippen LogP contribution < -0.4 is 0 Å². The maximum absolute atomic E-state index is 12.7. The van der Waals surface area contributed by atoms with Crippen molar-refractivity contribution in [3.05, 3.63) is 71.8 Å². The number of rotatable bonds is 10. The Kier molecular flexibility index (Phi) is 8.34. The van der Waals surface area contributed by atoms with Crippen LogP contribution in [0.4, 0.5) is 0 Å². The van der Waals surface area contributed by atoms with Crippen molar-refractivity contribution in [3.63, 3.8) is 0 Å². The van der Waals surface area contributed by atoms with Gasteiger partial charge in [0.1, 0.15) is 0 Å². The second-order valence-electron chi connectivity index (χ2n) is 5.28. The zero-order valence-electron chi connectivity index (χ0n) is 14.5. The molecule has 2 aromatic carbocycles. The third-order valence-electron chi connectivity index (χ3n) is 3.47. The molecule has 0 saturated heterocycles. The van der Waals surface area contributed by atoms with Gasteiger partial charge in [0, 0.05) is 17.2 Å². The molecular weight excluding hydrogens is 371 g/mol. The summed E-state index contributed by atoms with van der Waals surface area (Å²) in [6.45, 7) is 4.82. The fourth-order valence-corrected chi connectivity index (χ4v) is 8.10. The number of carbonyl (C=O) groups excluding carboxylic acids is 1. The molecule has 0 aliphatic rings. The number of hydrogen-bond donors (Lipinski definition) is 0. The van der Waals surface area contributed by atoms with E-state index < -0.39 is 5.69 Å². The van der Waals surface area contributed by atoms with Crippen LogP contribution in [-0.2, 0) is 20.9 Å². The first kappa shape index (κ1) is 20.3. The third-order valence-corrected chi connectivity index (χ3v) is 9.15. The molecule has 0 radical (unpaired) electrons. The second-order valence-corrected chi connectivity index (χ2v) is 11.7. The number of carbonyl (C=O) groups is 1. The van der Waals surface area contributed by atoms with Gasteiger partial charge in [-0.05, 0) is 31.2 Å². The number of hydrogen-bond acceptors (Lipinski definition) is 5. The van der Waals surface area contributed by atoms with Gasteiger partial charge in [-0.2, -0.15) is 0 Å². The highest BCUT2D eigenvalue weighted by Gasteiger charge is 2.28. The predicted molar refractivity (Wildman–Crippen MR) is 110 cm³/mol. The van der Waals surface area contributed by atoms with Crippen LogP contribution in [-0.4, -0.2) is 19.0 Å². The average Bonchev–Trinajstić information content (AvgIpc) is 2.63. The maximum Gasteiger partial charge on any atom is 0.247 e. The molecule has 0 N–H and O–H groups in total. The largest absolute Gasteiger partial charge is 0.322 e. The Morgan fingerprint density at radius 1 is 1.00 bits per heavy atom. The molecule has 0 aromatic heterocycles. The molecule has 25 heavy (non-hydrogen) atoms. The predicted octanol–water partition coefficient (Wildman–Crippen LogP) is 6.03. The van der Waals surface area contributed by atoms with E-state index in [-0.39, 0.29) is 11.0 Å². The minimum absolute atomic E-state index is 0.0940. The van der Waals surface area contributed by atoms with Crippen molar-refractivity contribution in [1.82, 2.24) is 0 Å². The van der Waals surface area contributed by atoms with E-state index >= 15 is 0 Å². The van der Waals surface area contributed by atoms with Crippen molar-refractivity contribution in [1.29, 1.82) is 0 Å². The Bertz CT molecular complexity index is 697. The number of Topliss-reactive ketones (excluding diaryl/α,β-unsaturated/α-hetero) is 1. The lowest BCUT2D eigenvalue weighted by molar-refractivity contribution is 0.0982.